The van der Waals surface area contributed by atoms with Crippen LogP contribution in [0, 0.1) is 0 Å². The number of esters is 1. The van der Waals surface area contributed by atoms with Crippen LogP contribution in [-0.2, 0) is 25.6 Å². The van der Waals surface area contributed by atoms with Crippen LogP contribution in [0.15, 0.2) is 54.6 Å². The van der Waals surface area contributed by atoms with Gasteiger partial charge in [0.05, 0.1) is 51.6 Å². The quantitative estimate of drug-likeness (QED) is 0.290. The summed E-state index contributed by atoms with van der Waals surface area (Å²) >= 11 is 13.1. The molecule has 0 saturated carbocycles. The van der Waals surface area contributed by atoms with Crippen molar-refractivity contribution in [2.45, 2.75) is 32.1 Å². The monoisotopic (exact) mass is 573 g/mol. The summed E-state index contributed by atoms with van der Waals surface area (Å²) in [6.45, 7) is 2.01. The van der Waals surface area contributed by atoms with Crippen LogP contribution in [0.2, 0.25) is 10.0 Å². The first-order valence-electron chi connectivity index (χ1n) is 12.3. The summed E-state index contributed by atoms with van der Waals surface area (Å²) in [7, 11) is 4.65. The van der Waals surface area contributed by atoms with Gasteiger partial charge in [0.1, 0.15) is 29.5 Å². The first kappa shape index (κ1) is 28.5. The number of amides is 1. The van der Waals surface area contributed by atoms with Gasteiger partial charge in [-0.15, -0.1) is 0 Å². The third-order valence-electron chi connectivity index (χ3n) is 6.37. The average molecular weight is 574 g/mol. The number of hydrogen-bond donors (Lipinski definition) is 0. The highest BCUT2D eigenvalue weighted by Crippen LogP contribution is 2.43. The van der Waals surface area contributed by atoms with Gasteiger partial charge in [-0.3, -0.25) is 9.59 Å². The van der Waals surface area contributed by atoms with E-state index < -0.39 is 24.1 Å². The molecule has 39 heavy (non-hydrogen) atoms. The van der Waals surface area contributed by atoms with Crippen LogP contribution in [0.3, 0.4) is 0 Å². The molecule has 0 N–H and O–H groups in total. The lowest BCUT2D eigenvalue weighted by molar-refractivity contribution is -0.151. The Hall–Kier alpha value is -3.46. The molecular formula is C29H29Cl2NO7. The molecule has 1 aliphatic heterocycles. The van der Waals surface area contributed by atoms with Crippen molar-refractivity contribution in [2.24, 2.45) is 0 Å². The molecule has 206 valence electrons. The molecule has 0 bridgehead atoms. The summed E-state index contributed by atoms with van der Waals surface area (Å²) in [5, 5.41) is 0.822. The third-order valence-corrected chi connectivity index (χ3v) is 6.94. The van der Waals surface area contributed by atoms with Crippen molar-refractivity contribution in [1.29, 1.82) is 0 Å². The predicted molar refractivity (Wildman–Crippen MR) is 148 cm³/mol. The van der Waals surface area contributed by atoms with E-state index in [0.29, 0.717) is 44.1 Å². The van der Waals surface area contributed by atoms with Gasteiger partial charge in [0, 0.05) is 27.8 Å². The Morgan fingerprint density at radius 1 is 0.923 bits per heavy atom. The third kappa shape index (κ3) is 6.24. The minimum absolute atomic E-state index is 0.131. The first-order chi connectivity index (χ1) is 18.8. The second kappa shape index (κ2) is 12.6. The van der Waals surface area contributed by atoms with Crippen LogP contribution in [0.1, 0.15) is 36.1 Å². The number of anilines is 1. The summed E-state index contributed by atoms with van der Waals surface area (Å²) in [6, 6.07) is 15.7. The van der Waals surface area contributed by atoms with Gasteiger partial charge < -0.3 is 28.6 Å². The molecule has 0 spiro atoms. The van der Waals surface area contributed by atoms with Gasteiger partial charge in [-0.05, 0) is 49.4 Å². The zero-order valence-corrected chi connectivity index (χ0v) is 23.5. The molecule has 1 heterocycles. The number of halogens is 2. The van der Waals surface area contributed by atoms with Gasteiger partial charge in [-0.25, -0.2) is 0 Å². The van der Waals surface area contributed by atoms with Gasteiger partial charge in [0.2, 0.25) is 0 Å². The second-order valence-electron chi connectivity index (χ2n) is 8.71. The predicted octanol–water partition coefficient (Wildman–Crippen LogP) is 5.99. The van der Waals surface area contributed by atoms with E-state index >= 15 is 0 Å². The van der Waals surface area contributed by atoms with E-state index in [1.807, 2.05) is 6.07 Å². The highest BCUT2D eigenvalue weighted by molar-refractivity contribution is 6.32. The highest BCUT2D eigenvalue weighted by atomic mass is 35.5. The maximum absolute atomic E-state index is 14.1. The Kier molecular flexibility index (Phi) is 9.22. The lowest BCUT2D eigenvalue weighted by Gasteiger charge is -2.26. The molecule has 8 nitrogen and oxygen atoms in total. The Bertz CT molecular complexity index is 1360. The molecular weight excluding hydrogens is 545 g/mol. The number of nitrogens with zero attached hydrogens (tertiary/aromatic N) is 1. The Morgan fingerprint density at radius 2 is 1.64 bits per heavy atom. The molecule has 0 radical (unpaired) electrons. The SMILES string of the molecule is CCOC(=O)C[C@H]1O[C@H](c2ccc(OC)cc2Cl)c2cc(Cl)ccc2N(Cc2ccc(OC)cc2OC)C1=O. The minimum Gasteiger partial charge on any atom is -0.497 e. The molecule has 3 aromatic carbocycles. The van der Waals surface area contributed by atoms with Crippen LogP contribution in [-0.4, -0.2) is 45.9 Å². The number of hydrogen-bond acceptors (Lipinski definition) is 7. The van der Waals surface area contributed by atoms with Gasteiger partial charge in [0.15, 0.2) is 0 Å². The summed E-state index contributed by atoms with van der Waals surface area (Å²) in [6.07, 6.45) is -2.26. The molecule has 0 unspecified atom stereocenters. The molecule has 2 atom stereocenters. The number of ether oxygens (including phenoxy) is 5. The van der Waals surface area contributed by atoms with Crippen LogP contribution in [0.25, 0.3) is 0 Å². The molecule has 0 aromatic heterocycles. The maximum atomic E-state index is 14.1. The van der Waals surface area contributed by atoms with Gasteiger partial charge in [-0.2, -0.15) is 0 Å². The lowest BCUT2D eigenvalue weighted by Crippen LogP contribution is -2.40. The van der Waals surface area contributed by atoms with Crippen LogP contribution in [0.4, 0.5) is 5.69 Å². The smallest absolute Gasteiger partial charge is 0.308 e. The van der Waals surface area contributed by atoms with E-state index in [4.69, 9.17) is 46.9 Å². The number of fused-ring (bicyclic) bond motifs is 1. The lowest BCUT2D eigenvalue weighted by atomic mass is 9.98. The van der Waals surface area contributed by atoms with Crippen molar-refractivity contribution in [3.05, 3.63) is 81.3 Å². The van der Waals surface area contributed by atoms with E-state index in [9.17, 15) is 9.59 Å². The van der Waals surface area contributed by atoms with Gasteiger partial charge in [0.25, 0.3) is 5.91 Å². The molecule has 1 amide bonds. The molecule has 3 aromatic rings. The van der Waals surface area contributed by atoms with Crippen LogP contribution < -0.4 is 19.1 Å². The van der Waals surface area contributed by atoms with E-state index in [-0.39, 0.29) is 19.6 Å². The molecule has 0 saturated heterocycles. The fraction of sp³-hybridized carbons (Fsp3) is 0.310. The summed E-state index contributed by atoms with van der Waals surface area (Å²) < 4.78 is 27.7. The highest BCUT2D eigenvalue weighted by Gasteiger charge is 2.39. The van der Waals surface area contributed by atoms with Gasteiger partial charge in [-0.1, -0.05) is 29.3 Å². The number of carbonyl (C=O) groups is 2. The molecule has 4 rings (SSSR count). The van der Waals surface area contributed by atoms with Crippen molar-refractivity contribution in [2.75, 3.05) is 32.8 Å². The van der Waals surface area contributed by atoms with Crippen LogP contribution in [0.5, 0.6) is 17.2 Å². The van der Waals surface area contributed by atoms with Crippen molar-refractivity contribution < 1.29 is 33.3 Å². The van der Waals surface area contributed by atoms with E-state index in [1.165, 1.54) is 0 Å². The first-order valence-corrected chi connectivity index (χ1v) is 13.0. The van der Waals surface area contributed by atoms with Crippen molar-refractivity contribution >= 4 is 40.8 Å². The largest absolute Gasteiger partial charge is 0.497 e. The number of methoxy groups -OCH3 is 3. The number of benzene rings is 3. The second-order valence-corrected chi connectivity index (χ2v) is 9.55. The molecule has 0 aliphatic carbocycles. The number of carbonyl (C=O) groups excluding carboxylic acids is 2. The number of rotatable bonds is 9. The topological polar surface area (TPSA) is 83.5 Å². The minimum atomic E-state index is -1.16. The average Bonchev–Trinajstić information content (AvgIpc) is 3.03. The van der Waals surface area contributed by atoms with E-state index in [1.54, 1.807) is 81.7 Å². The maximum Gasteiger partial charge on any atom is 0.308 e. The zero-order chi connectivity index (χ0) is 28.1. The molecule has 0 fully saturated rings. The molecule has 10 heteroatoms. The summed E-state index contributed by atoms with van der Waals surface area (Å²) in [5.74, 6) is 0.747. The normalized spacial score (nSPS) is 16.8. The van der Waals surface area contributed by atoms with Crippen LogP contribution >= 0.6 is 23.2 Å². The van der Waals surface area contributed by atoms with E-state index in [2.05, 4.69) is 0 Å². The van der Waals surface area contributed by atoms with Crippen molar-refractivity contribution in [3.63, 3.8) is 0 Å². The Balaban J connectivity index is 1.87. The zero-order valence-electron chi connectivity index (χ0n) is 22.0. The van der Waals surface area contributed by atoms with Crippen molar-refractivity contribution in [3.8, 4) is 17.2 Å². The summed E-state index contributed by atoms with van der Waals surface area (Å²) in [4.78, 5) is 28.2. The fourth-order valence-corrected chi connectivity index (χ4v) is 4.93. The van der Waals surface area contributed by atoms with Gasteiger partial charge >= 0.3 is 5.97 Å². The van der Waals surface area contributed by atoms with Crippen molar-refractivity contribution in [1.82, 2.24) is 0 Å². The standard InChI is InChI=1S/C29H29Cl2NO7/c1-5-38-27(33)15-26-29(34)32(16-17-6-8-20(36-3)14-25(17)37-4)24-11-7-18(30)12-22(24)28(39-26)21-10-9-19(35-2)13-23(21)31/h6-14,26,28H,5,15-16H2,1-4H3/t26-,28-/m1/s1. The Labute approximate surface area is 237 Å². The molecule has 1 aliphatic rings. The Morgan fingerprint density at radius 3 is 2.31 bits per heavy atom. The fourth-order valence-electron chi connectivity index (χ4n) is 4.48. The summed E-state index contributed by atoms with van der Waals surface area (Å²) in [5.41, 5.74) is 2.49. The van der Waals surface area contributed by atoms with E-state index in [0.717, 1.165) is 5.56 Å².